The van der Waals surface area contributed by atoms with Crippen molar-refractivity contribution in [2.75, 3.05) is 13.7 Å². The summed E-state index contributed by atoms with van der Waals surface area (Å²) in [5.74, 6) is 0.633. The highest BCUT2D eigenvalue weighted by Gasteiger charge is 2.08. The van der Waals surface area contributed by atoms with Crippen LogP contribution in [0.2, 0.25) is 5.02 Å². The van der Waals surface area contributed by atoms with Gasteiger partial charge < -0.3 is 15.6 Å². The minimum atomic E-state index is -0.0803. The third kappa shape index (κ3) is 3.38. The van der Waals surface area contributed by atoms with Gasteiger partial charge in [-0.2, -0.15) is 0 Å². The first-order valence-electron chi connectivity index (χ1n) is 4.89. The third-order valence-corrected chi connectivity index (χ3v) is 2.59. The molecule has 1 rings (SSSR count). The highest BCUT2D eigenvalue weighted by molar-refractivity contribution is 6.32. The average Bonchev–Trinajstić information content (AvgIpc) is 2.26. The van der Waals surface area contributed by atoms with Crippen LogP contribution >= 0.6 is 11.6 Å². The minimum absolute atomic E-state index is 0.0803. The summed E-state index contributed by atoms with van der Waals surface area (Å²) in [7, 11) is 1.57. The summed E-state index contributed by atoms with van der Waals surface area (Å²) in [5, 5.41) is 9.28. The lowest BCUT2D eigenvalue weighted by molar-refractivity contribution is 0.280. The summed E-state index contributed by atoms with van der Waals surface area (Å²) in [6.07, 6.45) is 1.45. The predicted octanol–water partition coefficient (Wildman–Crippen LogP) is 2.12. The van der Waals surface area contributed by atoms with Crippen molar-refractivity contribution in [2.24, 2.45) is 5.73 Å². The van der Waals surface area contributed by atoms with Gasteiger partial charge in [0, 0.05) is 12.6 Å². The zero-order valence-electron chi connectivity index (χ0n) is 8.74. The van der Waals surface area contributed by atoms with Crippen molar-refractivity contribution in [2.45, 2.75) is 18.9 Å². The summed E-state index contributed by atoms with van der Waals surface area (Å²) in [5.41, 5.74) is 6.92. The van der Waals surface area contributed by atoms with E-state index < -0.39 is 0 Å². The van der Waals surface area contributed by atoms with E-state index in [1.54, 1.807) is 13.2 Å². The molecule has 0 spiro atoms. The van der Waals surface area contributed by atoms with E-state index >= 15 is 0 Å². The third-order valence-electron chi connectivity index (χ3n) is 2.28. The highest BCUT2D eigenvalue weighted by atomic mass is 35.5. The number of nitrogens with two attached hydrogens (primary N) is 1. The molecule has 1 aromatic carbocycles. The topological polar surface area (TPSA) is 55.5 Å². The lowest BCUT2D eigenvalue weighted by atomic mass is 10.0. The zero-order valence-corrected chi connectivity index (χ0v) is 9.50. The molecule has 84 valence electrons. The summed E-state index contributed by atoms with van der Waals surface area (Å²) in [4.78, 5) is 0. The van der Waals surface area contributed by atoms with E-state index in [1.165, 1.54) is 0 Å². The van der Waals surface area contributed by atoms with Crippen LogP contribution in [0.15, 0.2) is 18.2 Å². The molecule has 0 bridgehead atoms. The van der Waals surface area contributed by atoms with Gasteiger partial charge in [0.2, 0.25) is 0 Å². The van der Waals surface area contributed by atoms with Gasteiger partial charge in [-0.1, -0.05) is 17.7 Å². The van der Waals surface area contributed by atoms with Gasteiger partial charge in [-0.25, -0.2) is 0 Å². The first-order chi connectivity index (χ1) is 7.19. The fourth-order valence-electron chi connectivity index (χ4n) is 1.38. The molecule has 4 heteroatoms. The second kappa shape index (κ2) is 5.95. The van der Waals surface area contributed by atoms with E-state index in [4.69, 9.17) is 27.2 Å². The molecule has 0 aromatic heterocycles. The molecule has 1 atom stereocenters. The smallest absolute Gasteiger partial charge is 0.137 e. The van der Waals surface area contributed by atoms with Crippen LogP contribution in [0, 0.1) is 0 Å². The van der Waals surface area contributed by atoms with Crippen LogP contribution in [0.1, 0.15) is 24.4 Å². The quantitative estimate of drug-likeness (QED) is 0.813. The molecule has 0 radical (unpaired) electrons. The largest absolute Gasteiger partial charge is 0.495 e. The Labute approximate surface area is 94.8 Å². The maximum atomic E-state index is 8.71. The Morgan fingerprint density at radius 1 is 1.53 bits per heavy atom. The Morgan fingerprint density at radius 2 is 2.27 bits per heavy atom. The van der Waals surface area contributed by atoms with Gasteiger partial charge in [0.25, 0.3) is 0 Å². The first kappa shape index (κ1) is 12.3. The Hall–Kier alpha value is -0.770. The van der Waals surface area contributed by atoms with Crippen LogP contribution in [-0.4, -0.2) is 18.8 Å². The fraction of sp³-hybridized carbons (Fsp3) is 0.455. The summed E-state index contributed by atoms with van der Waals surface area (Å²) in [6, 6.07) is 5.41. The van der Waals surface area contributed by atoms with Gasteiger partial charge in [0.05, 0.1) is 12.1 Å². The Morgan fingerprint density at radius 3 is 2.87 bits per heavy atom. The van der Waals surface area contributed by atoms with Crippen LogP contribution in [0.4, 0.5) is 0 Å². The standard InChI is InChI=1S/C11H16ClNO2/c1-15-11-7-8(4-5-9(11)12)10(13)3-2-6-14/h4-5,7,10,14H,2-3,6,13H2,1H3/t10-/m1/s1. The predicted molar refractivity (Wildman–Crippen MR) is 61.3 cm³/mol. The molecule has 0 aliphatic carbocycles. The van der Waals surface area contributed by atoms with E-state index in [2.05, 4.69) is 0 Å². The minimum Gasteiger partial charge on any atom is -0.495 e. The van der Waals surface area contributed by atoms with Crippen molar-refractivity contribution in [3.8, 4) is 5.75 Å². The molecule has 0 saturated heterocycles. The van der Waals surface area contributed by atoms with Crippen molar-refractivity contribution in [1.29, 1.82) is 0 Å². The molecule has 3 nitrogen and oxygen atoms in total. The maximum absolute atomic E-state index is 8.71. The average molecular weight is 230 g/mol. The van der Waals surface area contributed by atoms with Gasteiger partial charge in [-0.3, -0.25) is 0 Å². The van der Waals surface area contributed by atoms with E-state index in [9.17, 15) is 0 Å². The zero-order chi connectivity index (χ0) is 11.3. The fourth-order valence-corrected chi connectivity index (χ4v) is 1.58. The monoisotopic (exact) mass is 229 g/mol. The maximum Gasteiger partial charge on any atom is 0.137 e. The van der Waals surface area contributed by atoms with Crippen LogP contribution in [0.3, 0.4) is 0 Å². The van der Waals surface area contributed by atoms with E-state index in [1.807, 2.05) is 12.1 Å². The normalized spacial score (nSPS) is 12.5. The van der Waals surface area contributed by atoms with Crippen molar-refractivity contribution in [3.05, 3.63) is 28.8 Å². The lowest BCUT2D eigenvalue weighted by Gasteiger charge is -2.13. The number of hydrogen-bond donors (Lipinski definition) is 2. The van der Waals surface area contributed by atoms with Crippen molar-refractivity contribution >= 4 is 11.6 Å². The number of hydrogen-bond acceptors (Lipinski definition) is 3. The molecular formula is C11H16ClNO2. The van der Waals surface area contributed by atoms with Crippen molar-refractivity contribution in [1.82, 2.24) is 0 Å². The molecule has 1 aromatic rings. The molecular weight excluding hydrogens is 214 g/mol. The number of ether oxygens (including phenoxy) is 1. The summed E-state index contributed by atoms with van der Waals surface area (Å²) >= 11 is 5.90. The Balaban J connectivity index is 2.76. The van der Waals surface area contributed by atoms with Gasteiger partial charge >= 0.3 is 0 Å². The van der Waals surface area contributed by atoms with Crippen molar-refractivity contribution in [3.63, 3.8) is 0 Å². The van der Waals surface area contributed by atoms with Gasteiger partial charge in [-0.05, 0) is 30.5 Å². The van der Waals surface area contributed by atoms with Crippen molar-refractivity contribution < 1.29 is 9.84 Å². The number of aliphatic hydroxyl groups excluding tert-OH is 1. The van der Waals surface area contributed by atoms with E-state index in [0.29, 0.717) is 17.2 Å². The van der Waals surface area contributed by atoms with Gasteiger partial charge in [0.15, 0.2) is 0 Å². The molecule has 0 heterocycles. The molecule has 0 saturated carbocycles. The van der Waals surface area contributed by atoms with E-state index in [0.717, 1.165) is 12.0 Å². The SMILES string of the molecule is COc1cc([C@H](N)CCCO)ccc1Cl. The molecule has 0 unspecified atom stereocenters. The Bertz CT molecular complexity index is 317. The second-order valence-electron chi connectivity index (χ2n) is 3.37. The highest BCUT2D eigenvalue weighted by Crippen LogP contribution is 2.28. The summed E-state index contributed by atoms with van der Waals surface area (Å²) in [6.45, 7) is 0.165. The number of halogens is 1. The molecule has 15 heavy (non-hydrogen) atoms. The van der Waals surface area contributed by atoms with Crippen LogP contribution in [0.5, 0.6) is 5.75 Å². The van der Waals surface area contributed by atoms with Gasteiger partial charge in [0.1, 0.15) is 5.75 Å². The molecule has 0 fully saturated rings. The van der Waals surface area contributed by atoms with E-state index in [-0.39, 0.29) is 12.6 Å². The number of aliphatic hydroxyl groups is 1. The van der Waals surface area contributed by atoms with Gasteiger partial charge in [-0.15, -0.1) is 0 Å². The Kier molecular flexibility index (Phi) is 4.88. The summed E-state index contributed by atoms with van der Waals surface area (Å²) < 4.78 is 5.10. The van der Waals surface area contributed by atoms with Crippen LogP contribution in [-0.2, 0) is 0 Å². The number of methoxy groups -OCH3 is 1. The second-order valence-corrected chi connectivity index (χ2v) is 3.77. The lowest BCUT2D eigenvalue weighted by Crippen LogP contribution is -2.10. The number of rotatable bonds is 5. The van der Waals surface area contributed by atoms with Crippen LogP contribution < -0.4 is 10.5 Å². The first-order valence-corrected chi connectivity index (χ1v) is 5.26. The molecule has 0 amide bonds. The molecule has 0 aliphatic rings. The number of benzene rings is 1. The van der Waals surface area contributed by atoms with Crippen LogP contribution in [0.25, 0.3) is 0 Å². The molecule has 3 N–H and O–H groups in total. The molecule has 0 aliphatic heterocycles.